The number of aromatic nitrogens is 1. The van der Waals surface area contributed by atoms with Gasteiger partial charge in [-0.15, -0.1) is 11.3 Å². The summed E-state index contributed by atoms with van der Waals surface area (Å²) in [4.78, 5) is 17.4. The number of rotatable bonds is 5. The number of nitrogens with zero attached hydrogens (tertiary/aromatic N) is 2. The molecule has 1 aromatic carbocycles. The van der Waals surface area contributed by atoms with E-state index in [0.717, 1.165) is 10.4 Å². The van der Waals surface area contributed by atoms with Gasteiger partial charge in [-0.25, -0.2) is 9.37 Å². The molecule has 130 valence electrons. The van der Waals surface area contributed by atoms with Crippen LogP contribution in [0.1, 0.15) is 15.2 Å². The minimum absolute atomic E-state index is 0.118. The Bertz CT molecular complexity index is 980. The molecule has 0 fully saturated rings. The molecular formula is C18H13FN4O2S. The van der Waals surface area contributed by atoms with E-state index in [1.807, 2.05) is 18.2 Å². The van der Waals surface area contributed by atoms with Crippen molar-refractivity contribution in [2.24, 2.45) is 0 Å². The van der Waals surface area contributed by atoms with Crippen LogP contribution < -0.4 is 15.6 Å². The number of thiophene rings is 1. The number of halogens is 1. The predicted molar refractivity (Wildman–Crippen MR) is 96.3 cm³/mol. The predicted octanol–water partition coefficient (Wildman–Crippen LogP) is 3.59. The third kappa shape index (κ3) is 3.79. The summed E-state index contributed by atoms with van der Waals surface area (Å²) in [5, 5.41) is 8.83. The van der Waals surface area contributed by atoms with Crippen molar-refractivity contribution < 1.29 is 13.9 Å². The number of benzene rings is 1. The van der Waals surface area contributed by atoms with Gasteiger partial charge in [0.15, 0.2) is 5.82 Å². The van der Waals surface area contributed by atoms with Gasteiger partial charge in [0.05, 0.1) is 35.5 Å². The molecule has 0 spiro atoms. The quantitative estimate of drug-likeness (QED) is 0.672. The second-order valence-electron chi connectivity index (χ2n) is 5.15. The van der Waals surface area contributed by atoms with Crippen LogP contribution in [0.25, 0.3) is 10.4 Å². The standard InChI is InChI=1S/C18H13FN4O2S/c1-25-18-14(19)8-13(10-21-18)22-23-17(24)16-7-6-15(26-16)12-4-2-11(9-20)3-5-12/h2-8,10,22H,1H3,(H,23,24). The molecule has 26 heavy (non-hydrogen) atoms. The Morgan fingerprint density at radius 3 is 2.69 bits per heavy atom. The smallest absolute Gasteiger partial charge is 0.279 e. The lowest BCUT2D eigenvalue weighted by atomic mass is 10.1. The summed E-state index contributed by atoms with van der Waals surface area (Å²) >= 11 is 1.31. The van der Waals surface area contributed by atoms with E-state index in [1.54, 1.807) is 18.2 Å². The Balaban J connectivity index is 1.66. The summed E-state index contributed by atoms with van der Waals surface area (Å²) in [6, 6.07) is 13.9. The highest BCUT2D eigenvalue weighted by Gasteiger charge is 2.11. The number of nitrogens with one attached hydrogen (secondary N) is 2. The number of anilines is 1. The van der Waals surface area contributed by atoms with Crippen molar-refractivity contribution in [1.29, 1.82) is 5.26 Å². The van der Waals surface area contributed by atoms with E-state index < -0.39 is 5.82 Å². The lowest BCUT2D eigenvalue weighted by Gasteiger charge is -2.08. The van der Waals surface area contributed by atoms with Gasteiger partial charge >= 0.3 is 0 Å². The minimum atomic E-state index is -0.633. The van der Waals surface area contributed by atoms with Crippen LogP contribution in [0.15, 0.2) is 48.7 Å². The van der Waals surface area contributed by atoms with Crippen LogP contribution in [0, 0.1) is 17.1 Å². The number of hydrazine groups is 1. The molecular weight excluding hydrogens is 355 g/mol. The van der Waals surface area contributed by atoms with Gasteiger partial charge in [-0.05, 0) is 29.8 Å². The maximum atomic E-state index is 13.6. The van der Waals surface area contributed by atoms with Gasteiger partial charge in [-0.2, -0.15) is 5.26 Å². The first-order valence-corrected chi connectivity index (χ1v) is 8.28. The van der Waals surface area contributed by atoms with E-state index >= 15 is 0 Å². The van der Waals surface area contributed by atoms with Crippen LogP contribution in [-0.2, 0) is 0 Å². The van der Waals surface area contributed by atoms with E-state index in [4.69, 9.17) is 10.00 Å². The van der Waals surface area contributed by atoms with E-state index in [9.17, 15) is 9.18 Å². The van der Waals surface area contributed by atoms with Crippen molar-refractivity contribution in [2.45, 2.75) is 0 Å². The van der Waals surface area contributed by atoms with Crippen LogP contribution in [-0.4, -0.2) is 18.0 Å². The maximum absolute atomic E-state index is 13.6. The zero-order valence-electron chi connectivity index (χ0n) is 13.6. The summed E-state index contributed by atoms with van der Waals surface area (Å²) < 4.78 is 18.3. The van der Waals surface area contributed by atoms with E-state index in [2.05, 4.69) is 21.9 Å². The summed E-state index contributed by atoms with van der Waals surface area (Å²) in [6.45, 7) is 0. The second kappa shape index (κ2) is 7.63. The number of nitriles is 1. The third-order valence-corrected chi connectivity index (χ3v) is 4.58. The molecule has 2 N–H and O–H groups in total. The number of ether oxygens (including phenoxy) is 1. The fourth-order valence-corrected chi connectivity index (χ4v) is 3.07. The summed E-state index contributed by atoms with van der Waals surface area (Å²) in [7, 11) is 1.32. The van der Waals surface area contributed by atoms with Gasteiger partial charge in [0.25, 0.3) is 5.91 Å². The molecule has 8 heteroatoms. The molecule has 2 heterocycles. The van der Waals surface area contributed by atoms with Gasteiger partial charge in [-0.1, -0.05) is 12.1 Å². The Morgan fingerprint density at radius 1 is 1.27 bits per heavy atom. The van der Waals surface area contributed by atoms with E-state index in [1.165, 1.54) is 30.7 Å². The fraction of sp³-hybridized carbons (Fsp3) is 0.0556. The first-order valence-electron chi connectivity index (χ1n) is 7.47. The molecule has 3 rings (SSSR count). The Kier molecular flexibility index (Phi) is 5.10. The Labute approximate surface area is 152 Å². The number of carbonyl (C=O) groups is 1. The van der Waals surface area contributed by atoms with Crippen LogP contribution >= 0.6 is 11.3 Å². The molecule has 0 aliphatic heterocycles. The number of hydrogen-bond donors (Lipinski definition) is 2. The molecule has 0 aliphatic rings. The molecule has 6 nitrogen and oxygen atoms in total. The minimum Gasteiger partial charge on any atom is -0.479 e. The van der Waals surface area contributed by atoms with Crippen molar-refractivity contribution in [3.05, 3.63) is 64.9 Å². The fourth-order valence-electron chi connectivity index (χ4n) is 2.16. The van der Waals surface area contributed by atoms with Gasteiger partial charge in [0.2, 0.25) is 5.88 Å². The van der Waals surface area contributed by atoms with Crippen molar-refractivity contribution in [1.82, 2.24) is 10.4 Å². The van der Waals surface area contributed by atoms with Gasteiger partial charge in [0.1, 0.15) is 0 Å². The van der Waals surface area contributed by atoms with Crippen LogP contribution in [0.5, 0.6) is 5.88 Å². The van der Waals surface area contributed by atoms with E-state index in [-0.39, 0.29) is 11.8 Å². The summed E-state index contributed by atoms with van der Waals surface area (Å²) in [6.07, 6.45) is 1.35. The molecule has 0 aliphatic carbocycles. The lowest BCUT2D eigenvalue weighted by molar-refractivity contribution is 0.0966. The molecule has 0 saturated carbocycles. The van der Waals surface area contributed by atoms with Crippen LogP contribution in [0.4, 0.5) is 10.1 Å². The topological polar surface area (TPSA) is 87.0 Å². The van der Waals surface area contributed by atoms with Gasteiger partial charge < -0.3 is 4.74 Å². The molecule has 0 atom stereocenters. The molecule has 3 aromatic rings. The number of amides is 1. The molecule has 2 aromatic heterocycles. The highest BCUT2D eigenvalue weighted by molar-refractivity contribution is 7.17. The molecule has 0 saturated heterocycles. The summed E-state index contributed by atoms with van der Waals surface area (Å²) in [5.41, 5.74) is 6.89. The van der Waals surface area contributed by atoms with Crippen LogP contribution in [0.2, 0.25) is 0 Å². The molecule has 0 radical (unpaired) electrons. The normalized spacial score (nSPS) is 10.0. The van der Waals surface area contributed by atoms with Gasteiger partial charge in [0, 0.05) is 10.9 Å². The number of carbonyl (C=O) groups excluding carboxylic acids is 1. The number of methoxy groups -OCH3 is 1. The average molecular weight is 368 g/mol. The third-order valence-electron chi connectivity index (χ3n) is 3.45. The maximum Gasteiger partial charge on any atom is 0.279 e. The largest absolute Gasteiger partial charge is 0.479 e. The highest BCUT2D eigenvalue weighted by Crippen LogP contribution is 2.28. The second-order valence-corrected chi connectivity index (χ2v) is 6.23. The number of pyridine rings is 1. The SMILES string of the molecule is COc1ncc(NNC(=O)c2ccc(-c3ccc(C#N)cc3)s2)cc1F. The zero-order valence-corrected chi connectivity index (χ0v) is 14.4. The first-order chi connectivity index (χ1) is 12.6. The van der Waals surface area contributed by atoms with Gasteiger partial charge in [-0.3, -0.25) is 15.6 Å². The number of hydrogen-bond acceptors (Lipinski definition) is 6. The Morgan fingerprint density at radius 2 is 2.04 bits per heavy atom. The lowest BCUT2D eigenvalue weighted by Crippen LogP contribution is -2.28. The van der Waals surface area contributed by atoms with Crippen molar-refractivity contribution >= 4 is 22.9 Å². The molecule has 1 amide bonds. The van der Waals surface area contributed by atoms with Crippen LogP contribution in [0.3, 0.4) is 0 Å². The zero-order chi connectivity index (χ0) is 18.5. The van der Waals surface area contributed by atoms with E-state index in [0.29, 0.717) is 16.1 Å². The van der Waals surface area contributed by atoms with Crippen molar-refractivity contribution in [2.75, 3.05) is 12.5 Å². The average Bonchev–Trinajstić information content (AvgIpc) is 3.16. The Hall–Kier alpha value is -3.44. The highest BCUT2D eigenvalue weighted by atomic mass is 32.1. The monoisotopic (exact) mass is 368 g/mol. The summed E-state index contributed by atoms with van der Waals surface area (Å²) in [5.74, 6) is -1.11. The molecule has 0 unspecified atom stereocenters. The van der Waals surface area contributed by atoms with Crippen molar-refractivity contribution in [3.63, 3.8) is 0 Å². The van der Waals surface area contributed by atoms with Crippen molar-refractivity contribution in [3.8, 4) is 22.4 Å². The molecule has 0 bridgehead atoms. The first kappa shape index (κ1) is 17.4.